The Morgan fingerprint density at radius 3 is 2.27 bits per heavy atom. The van der Waals surface area contributed by atoms with Crippen LogP contribution in [0, 0.1) is 5.82 Å². The van der Waals surface area contributed by atoms with Crippen molar-refractivity contribution in [2.45, 2.75) is 36.4 Å². The number of fused-ring (bicyclic) bond motifs is 1. The molecule has 0 spiro atoms. The molecule has 0 saturated carbocycles. The molecule has 0 aliphatic carbocycles. The molecule has 194 valence electrons. The van der Waals surface area contributed by atoms with Gasteiger partial charge in [0.25, 0.3) is 0 Å². The first-order valence-corrected chi connectivity index (χ1v) is 12.8. The van der Waals surface area contributed by atoms with E-state index in [1.165, 1.54) is 37.4 Å². The smallest absolute Gasteiger partial charge is 0.416 e. The summed E-state index contributed by atoms with van der Waals surface area (Å²) in [5, 5.41) is 14.0. The van der Waals surface area contributed by atoms with Crippen LogP contribution in [0.4, 0.5) is 17.6 Å². The molecule has 0 radical (unpaired) electrons. The minimum atomic E-state index is -4.60. The second-order valence-corrected chi connectivity index (χ2v) is 10.8. The van der Waals surface area contributed by atoms with Crippen LogP contribution in [-0.4, -0.2) is 40.3 Å². The van der Waals surface area contributed by atoms with E-state index in [1.54, 1.807) is 13.0 Å². The molecule has 12 heteroatoms. The van der Waals surface area contributed by atoms with Gasteiger partial charge in [0, 0.05) is 18.4 Å². The van der Waals surface area contributed by atoms with Gasteiger partial charge in [-0.25, -0.2) is 22.3 Å². The largest absolute Gasteiger partial charge is 0.481 e. The first kappa shape index (κ1) is 26.3. The summed E-state index contributed by atoms with van der Waals surface area (Å²) in [5.41, 5.74) is -2.26. The van der Waals surface area contributed by atoms with E-state index in [0.717, 1.165) is 35.0 Å². The third-order valence-corrected chi connectivity index (χ3v) is 7.52. The van der Waals surface area contributed by atoms with E-state index in [2.05, 4.69) is 10.1 Å². The van der Waals surface area contributed by atoms with Gasteiger partial charge >= 0.3 is 12.1 Å². The summed E-state index contributed by atoms with van der Waals surface area (Å²) in [6.07, 6.45) is -2.44. The number of carbonyl (C=O) groups is 1. The van der Waals surface area contributed by atoms with E-state index in [0.29, 0.717) is 5.56 Å². The SMILES string of the molecule is CC(c1cccc(F)c1)[C@@](C)(C(=O)O)c1ccnc2c(-c3ccc(C(F)(F)F)cc3)c(S(C)(=O)=O)nn12. The van der Waals surface area contributed by atoms with Crippen molar-refractivity contribution >= 4 is 21.5 Å². The molecule has 2 heterocycles. The van der Waals surface area contributed by atoms with Gasteiger partial charge in [0.05, 0.1) is 16.8 Å². The molecular weight excluding hydrogens is 514 g/mol. The molecule has 2 atom stereocenters. The third kappa shape index (κ3) is 4.57. The normalized spacial score (nSPS) is 14.9. The fourth-order valence-corrected chi connectivity index (χ4v) is 5.09. The van der Waals surface area contributed by atoms with Crippen LogP contribution in [0.2, 0.25) is 0 Å². The fraction of sp³-hybridized carbons (Fsp3) is 0.240. The molecule has 4 rings (SSSR count). The number of nitrogens with zero attached hydrogens (tertiary/aromatic N) is 3. The van der Waals surface area contributed by atoms with E-state index in [9.17, 15) is 35.9 Å². The van der Waals surface area contributed by atoms with Gasteiger partial charge < -0.3 is 5.11 Å². The Morgan fingerprint density at radius 2 is 1.73 bits per heavy atom. The van der Waals surface area contributed by atoms with Crippen molar-refractivity contribution in [1.82, 2.24) is 14.6 Å². The molecule has 0 fully saturated rings. The van der Waals surface area contributed by atoms with E-state index in [1.807, 2.05) is 0 Å². The Labute approximate surface area is 209 Å². The zero-order valence-electron chi connectivity index (χ0n) is 19.8. The van der Waals surface area contributed by atoms with Gasteiger partial charge in [-0.1, -0.05) is 31.2 Å². The number of carboxylic acids is 1. The van der Waals surface area contributed by atoms with Crippen molar-refractivity contribution in [1.29, 1.82) is 0 Å². The highest BCUT2D eigenvalue weighted by atomic mass is 32.2. The molecule has 2 aromatic heterocycles. The second-order valence-electron chi connectivity index (χ2n) is 8.88. The monoisotopic (exact) mass is 535 g/mol. The number of aliphatic carboxylic acids is 1. The fourth-order valence-electron chi connectivity index (χ4n) is 4.28. The van der Waals surface area contributed by atoms with Crippen molar-refractivity contribution in [3.63, 3.8) is 0 Å². The maximum Gasteiger partial charge on any atom is 0.416 e. The zero-order valence-corrected chi connectivity index (χ0v) is 20.6. The molecule has 1 unspecified atom stereocenters. The Morgan fingerprint density at radius 1 is 1.08 bits per heavy atom. The van der Waals surface area contributed by atoms with Gasteiger partial charge in [0.2, 0.25) is 0 Å². The summed E-state index contributed by atoms with van der Waals surface area (Å²) in [6.45, 7) is 2.99. The number of hydrogen-bond acceptors (Lipinski definition) is 5. The molecule has 0 aliphatic heterocycles. The molecule has 4 aromatic rings. The molecule has 0 amide bonds. The van der Waals surface area contributed by atoms with Crippen molar-refractivity contribution in [3.8, 4) is 11.1 Å². The third-order valence-electron chi connectivity index (χ3n) is 6.53. The average molecular weight is 536 g/mol. The minimum Gasteiger partial charge on any atom is -0.481 e. The number of benzene rings is 2. The number of carboxylic acid groups (broad SMARTS) is 1. The second kappa shape index (κ2) is 8.94. The zero-order chi connectivity index (χ0) is 27.3. The highest BCUT2D eigenvalue weighted by Crippen LogP contribution is 2.41. The summed E-state index contributed by atoms with van der Waals surface area (Å²) in [4.78, 5) is 16.9. The maximum atomic E-state index is 13.9. The van der Waals surface area contributed by atoms with Crippen LogP contribution in [-0.2, 0) is 26.2 Å². The summed E-state index contributed by atoms with van der Waals surface area (Å²) in [7, 11) is -4.03. The standard InChI is InChI=1S/C25H21F4N3O4S/c1-14(16-5-4-6-18(26)13-16)24(2,23(33)34)19-11-12-30-21-20(22(31-32(19)21)37(3,35)36)15-7-9-17(10-8-15)25(27,28)29/h4-14H,1-3H3,(H,33,34)/t14?,24-/m1/s1. The number of alkyl halides is 3. The van der Waals surface area contributed by atoms with E-state index < -0.39 is 49.7 Å². The molecule has 0 saturated heterocycles. The van der Waals surface area contributed by atoms with Crippen molar-refractivity contribution < 1.29 is 35.9 Å². The Bertz CT molecular complexity index is 1620. The van der Waals surface area contributed by atoms with Crippen LogP contribution in [0.3, 0.4) is 0 Å². The van der Waals surface area contributed by atoms with Crippen molar-refractivity contribution in [3.05, 3.63) is 83.4 Å². The Balaban J connectivity index is 2.01. The lowest BCUT2D eigenvalue weighted by Gasteiger charge is -2.32. The Kier molecular flexibility index (Phi) is 6.35. The highest BCUT2D eigenvalue weighted by Gasteiger charge is 2.44. The van der Waals surface area contributed by atoms with Gasteiger partial charge in [-0.15, -0.1) is 0 Å². The van der Waals surface area contributed by atoms with Crippen molar-refractivity contribution in [2.24, 2.45) is 0 Å². The van der Waals surface area contributed by atoms with E-state index in [-0.39, 0.29) is 22.5 Å². The lowest BCUT2D eigenvalue weighted by atomic mass is 9.72. The predicted molar refractivity (Wildman–Crippen MR) is 126 cm³/mol. The molecule has 1 N–H and O–H groups in total. The number of sulfone groups is 1. The predicted octanol–water partition coefficient (Wildman–Crippen LogP) is 5.10. The summed E-state index contributed by atoms with van der Waals surface area (Å²) < 4.78 is 79.6. The summed E-state index contributed by atoms with van der Waals surface area (Å²) in [5.74, 6) is -2.66. The van der Waals surface area contributed by atoms with E-state index in [4.69, 9.17) is 0 Å². The first-order chi connectivity index (χ1) is 17.2. The molecule has 7 nitrogen and oxygen atoms in total. The van der Waals surface area contributed by atoms with Crippen molar-refractivity contribution in [2.75, 3.05) is 6.26 Å². The number of aromatic nitrogens is 3. The lowest BCUT2D eigenvalue weighted by Crippen LogP contribution is -2.39. The van der Waals surface area contributed by atoms with Crippen LogP contribution in [0.1, 0.15) is 36.6 Å². The van der Waals surface area contributed by atoms with Gasteiger partial charge in [-0.05, 0) is 48.4 Å². The molecule has 0 bridgehead atoms. The van der Waals surface area contributed by atoms with Gasteiger partial charge in [-0.3, -0.25) is 4.79 Å². The summed E-state index contributed by atoms with van der Waals surface area (Å²) in [6, 6.07) is 10.7. The number of rotatable bonds is 6. The lowest BCUT2D eigenvalue weighted by molar-refractivity contribution is -0.144. The van der Waals surface area contributed by atoms with Crippen LogP contribution in [0.25, 0.3) is 16.8 Å². The van der Waals surface area contributed by atoms with Crippen LogP contribution >= 0.6 is 0 Å². The quantitative estimate of drug-likeness (QED) is 0.345. The highest BCUT2D eigenvalue weighted by molar-refractivity contribution is 7.90. The average Bonchev–Trinajstić information content (AvgIpc) is 3.23. The van der Waals surface area contributed by atoms with Crippen LogP contribution in [0.5, 0.6) is 0 Å². The number of halogens is 4. The van der Waals surface area contributed by atoms with Gasteiger partial charge in [0.15, 0.2) is 20.5 Å². The molecular formula is C25H21F4N3O4S. The topological polar surface area (TPSA) is 102 Å². The Hall–Kier alpha value is -3.80. The molecule has 37 heavy (non-hydrogen) atoms. The minimum absolute atomic E-state index is 0.0461. The van der Waals surface area contributed by atoms with Gasteiger partial charge in [-0.2, -0.15) is 18.3 Å². The van der Waals surface area contributed by atoms with Crippen LogP contribution < -0.4 is 0 Å². The first-order valence-electron chi connectivity index (χ1n) is 10.9. The molecule has 0 aliphatic rings. The number of hydrogen-bond donors (Lipinski definition) is 1. The summed E-state index contributed by atoms with van der Waals surface area (Å²) >= 11 is 0. The van der Waals surface area contributed by atoms with E-state index >= 15 is 0 Å². The molecule has 2 aromatic carbocycles. The van der Waals surface area contributed by atoms with Gasteiger partial charge in [0.1, 0.15) is 11.2 Å². The van der Waals surface area contributed by atoms with Crippen LogP contribution in [0.15, 0.2) is 65.8 Å². The maximum absolute atomic E-state index is 13.9.